The lowest BCUT2D eigenvalue weighted by molar-refractivity contribution is 0.715. The molecule has 0 radical (unpaired) electrons. The Labute approximate surface area is 102 Å². The lowest BCUT2D eigenvalue weighted by Gasteiger charge is -2.25. The topological polar surface area (TPSA) is 29.0 Å². The van der Waals surface area contributed by atoms with Crippen molar-refractivity contribution in [1.82, 2.24) is 9.97 Å². The summed E-state index contributed by atoms with van der Waals surface area (Å²) in [7, 11) is 0. The van der Waals surface area contributed by atoms with E-state index in [1.54, 1.807) is 11.8 Å². The van der Waals surface area contributed by atoms with Crippen LogP contribution in [0.3, 0.4) is 0 Å². The van der Waals surface area contributed by atoms with Crippen LogP contribution >= 0.6 is 11.8 Å². The second-order valence-electron chi connectivity index (χ2n) is 4.43. The highest BCUT2D eigenvalue weighted by molar-refractivity contribution is 7.98. The van der Waals surface area contributed by atoms with Crippen molar-refractivity contribution in [3.63, 3.8) is 0 Å². The predicted octanol–water partition coefficient (Wildman–Crippen LogP) is 2.80. The lowest BCUT2D eigenvalue weighted by Crippen LogP contribution is -2.28. The van der Waals surface area contributed by atoms with Gasteiger partial charge in [-0.1, -0.05) is 11.8 Å². The Morgan fingerprint density at radius 2 is 2.06 bits per heavy atom. The third-order valence-electron chi connectivity index (χ3n) is 3.35. The number of hydrogen-bond acceptors (Lipinski definition) is 4. The molecule has 0 N–H and O–H groups in total. The molecule has 88 valence electrons. The summed E-state index contributed by atoms with van der Waals surface area (Å²) in [4.78, 5) is 11.6. The minimum Gasteiger partial charge on any atom is -0.354 e. The summed E-state index contributed by atoms with van der Waals surface area (Å²) in [5, 5.41) is 0.886. The summed E-state index contributed by atoms with van der Waals surface area (Å²) in [6.07, 6.45) is 4.58. The van der Waals surface area contributed by atoms with Crippen LogP contribution in [0.5, 0.6) is 0 Å². The maximum absolute atomic E-state index is 4.66. The van der Waals surface area contributed by atoms with Crippen LogP contribution < -0.4 is 4.90 Å². The monoisotopic (exact) mass is 237 g/mol. The fourth-order valence-electron chi connectivity index (χ4n) is 2.21. The van der Waals surface area contributed by atoms with Gasteiger partial charge in [0.2, 0.25) is 0 Å². The smallest absolute Gasteiger partial charge is 0.189 e. The first-order valence-corrected chi connectivity index (χ1v) is 7.02. The summed E-state index contributed by atoms with van der Waals surface area (Å²) in [5.74, 6) is 1.14. The molecule has 2 rings (SSSR count). The van der Waals surface area contributed by atoms with Crippen molar-refractivity contribution in [1.29, 1.82) is 0 Å². The fraction of sp³-hybridized carbons (Fsp3) is 0.667. The number of aromatic nitrogens is 2. The molecule has 1 aromatic rings. The molecular weight excluding hydrogens is 218 g/mol. The van der Waals surface area contributed by atoms with E-state index in [9.17, 15) is 0 Å². The number of rotatable bonds is 2. The number of hydrogen-bond donors (Lipinski definition) is 0. The van der Waals surface area contributed by atoms with E-state index in [1.807, 2.05) is 6.26 Å². The summed E-state index contributed by atoms with van der Waals surface area (Å²) < 4.78 is 0. The third-order valence-corrected chi connectivity index (χ3v) is 3.90. The van der Waals surface area contributed by atoms with Gasteiger partial charge in [0.05, 0.1) is 0 Å². The quantitative estimate of drug-likeness (QED) is 0.584. The van der Waals surface area contributed by atoms with Gasteiger partial charge in [0, 0.05) is 23.8 Å². The summed E-state index contributed by atoms with van der Waals surface area (Å²) in [6, 6.07) is 0.614. The Bertz CT molecular complexity index is 392. The molecule has 0 bridgehead atoms. The molecule has 1 aliphatic rings. The predicted molar refractivity (Wildman–Crippen MR) is 69.3 cm³/mol. The van der Waals surface area contributed by atoms with Crippen molar-refractivity contribution in [3.8, 4) is 0 Å². The second kappa shape index (κ2) is 4.62. The molecule has 0 spiro atoms. The molecule has 1 aliphatic heterocycles. The highest BCUT2D eigenvalue weighted by Crippen LogP contribution is 2.28. The zero-order chi connectivity index (χ0) is 11.7. The molecule has 0 saturated carbocycles. The van der Waals surface area contributed by atoms with Crippen molar-refractivity contribution in [3.05, 3.63) is 11.3 Å². The Balaban J connectivity index is 2.42. The maximum atomic E-state index is 4.66. The Kier molecular flexibility index (Phi) is 3.38. The molecule has 1 aromatic heterocycles. The van der Waals surface area contributed by atoms with E-state index >= 15 is 0 Å². The molecule has 16 heavy (non-hydrogen) atoms. The Hall–Kier alpha value is -0.770. The lowest BCUT2D eigenvalue weighted by atomic mass is 10.2. The fourth-order valence-corrected chi connectivity index (χ4v) is 2.61. The molecule has 0 aliphatic carbocycles. The van der Waals surface area contributed by atoms with Gasteiger partial charge in [0.25, 0.3) is 0 Å². The summed E-state index contributed by atoms with van der Waals surface area (Å²) >= 11 is 1.62. The number of aryl methyl sites for hydroxylation is 1. The normalized spacial score (nSPS) is 20.5. The molecule has 2 heterocycles. The van der Waals surface area contributed by atoms with E-state index in [4.69, 9.17) is 0 Å². The van der Waals surface area contributed by atoms with Crippen molar-refractivity contribution in [2.45, 2.75) is 44.8 Å². The van der Waals surface area contributed by atoms with Crippen molar-refractivity contribution < 1.29 is 0 Å². The first-order chi connectivity index (χ1) is 7.63. The molecule has 0 aromatic carbocycles. The largest absolute Gasteiger partial charge is 0.354 e. The Morgan fingerprint density at radius 1 is 1.31 bits per heavy atom. The van der Waals surface area contributed by atoms with Gasteiger partial charge in [0.15, 0.2) is 5.16 Å². The third kappa shape index (κ3) is 2.03. The molecule has 1 atom stereocenters. The van der Waals surface area contributed by atoms with Crippen molar-refractivity contribution >= 4 is 17.6 Å². The van der Waals surface area contributed by atoms with Crippen molar-refractivity contribution in [2.24, 2.45) is 0 Å². The standard InChI is InChI=1S/C12H19N3S/c1-8-6-5-7-15(8)11-9(2)10(3)13-12(14-11)16-4/h8H,5-7H2,1-4H3. The summed E-state index contributed by atoms with van der Waals surface area (Å²) in [6.45, 7) is 7.61. The van der Waals surface area contributed by atoms with Gasteiger partial charge < -0.3 is 4.90 Å². The number of nitrogens with zero attached hydrogens (tertiary/aromatic N) is 3. The SMILES string of the molecule is CSc1nc(C)c(C)c(N2CCCC2C)n1. The zero-order valence-electron chi connectivity index (χ0n) is 10.4. The van der Waals surface area contributed by atoms with Crippen LogP contribution in [-0.4, -0.2) is 28.8 Å². The van der Waals surface area contributed by atoms with E-state index in [1.165, 1.54) is 18.4 Å². The van der Waals surface area contributed by atoms with Gasteiger partial charge in [-0.25, -0.2) is 9.97 Å². The second-order valence-corrected chi connectivity index (χ2v) is 5.20. The maximum Gasteiger partial charge on any atom is 0.189 e. The zero-order valence-corrected chi connectivity index (χ0v) is 11.3. The molecule has 1 fully saturated rings. The van der Waals surface area contributed by atoms with Crippen LogP contribution in [0.4, 0.5) is 5.82 Å². The molecular formula is C12H19N3S. The minimum absolute atomic E-state index is 0.614. The molecule has 1 saturated heterocycles. The average Bonchev–Trinajstić information content (AvgIpc) is 2.68. The van der Waals surface area contributed by atoms with Crippen LogP contribution in [0.1, 0.15) is 31.0 Å². The summed E-state index contributed by atoms with van der Waals surface area (Å²) in [5.41, 5.74) is 2.33. The van der Waals surface area contributed by atoms with E-state index in [-0.39, 0.29) is 0 Å². The highest BCUT2D eigenvalue weighted by atomic mass is 32.2. The van der Waals surface area contributed by atoms with Gasteiger partial charge in [-0.05, 0) is 39.9 Å². The first-order valence-electron chi connectivity index (χ1n) is 5.79. The van der Waals surface area contributed by atoms with Crippen molar-refractivity contribution in [2.75, 3.05) is 17.7 Å². The first kappa shape index (κ1) is 11.7. The van der Waals surface area contributed by atoms with Gasteiger partial charge in [-0.2, -0.15) is 0 Å². The van der Waals surface area contributed by atoms with E-state index < -0.39 is 0 Å². The molecule has 0 amide bonds. The van der Waals surface area contributed by atoms with E-state index in [0.29, 0.717) is 6.04 Å². The Morgan fingerprint density at radius 3 is 2.62 bits per heavy atom. The molecule has 1 unspecified atom stereocenters. The van der Waals surface area contributed by atoms with Crippen LogP contribution in [0, 0.1) is 13.8 Å². The molecule has 4 heteroatoms. The van der Waals surface area contributed by atoms with Crippen LogP contribution in [0.25, 0.3) is 0 Å². The average molecular weight is 237 g/mol. The van der Waals surface area contributed by atoms with E-state index in [2.05, 4.69) is 35.6 Å². The van der Waals surface area contributed by atoms with Gasteiger partial charge in [0.1, 0.15) is 5.82 Å². The number of anilines is 1. The van der Waals surface area contributed by atoms with Gasteiger partial charge in [-0.3, -0.25) is 0 Å². The van der Waals surface area contributed by atoms with Gasteiger partial charge in [-0.15, -0.1) is 0 Å². The van der Waals surface area contributed by atoms with Crippen LogP contribution in [0.15, 0.2) is 5.16 Å². The highest BCUT2D eigenvalue weighted by Gasteiger charge is 2.24. The minimum atomic E-state index is 0.614. The van der Waals surface area contributed by atoms with E-state index in [0.717, 1.165) is 23.2 Å². The van der Waals surface area contributed by atoms with Gasteiger partial charge >= 0.3 is 0 Å². The van der Waals surface area contributed by atoms with Crippen LogP contribution in [-0.2, 0) is 0 Å². The number of thioether (sulfide) groups is 1. The van der Waals surface area contributed by atoms with Crippen LogP contribution in [0.2, 0.25) is 0 Å². The molecule has 3 nitrogen and oxygen atoms in total.